The molecule has 0 saturated heterocycles. The van der Waals surface area contributed by atoms with Crippen LogP contribution in [0.2, 0.25) is 0 Å². The number of benzene rings is 1. The van der Waals surface area contributed by atoms with Gasteiger partial charge >= 0.3 is 6.36 Å². The SMILES string of the molecule is C=[C]c1cccc(C)c1OC(F)(F)F. The molecule has 0 spiro atoms. The van der Waals surface area contributed by atoms with E-state index in [2.05, 4.69) is 17.4 Å². The van der Waals surface area contributed by atoms with Gasteiger partial charge < -0.3 is 4.74 Å². The molecule has 0 aliphatic heterocycles. The van der Waals surface area contributed by atoms with Crippen molar-refractivity contribution in [1.29, 1.82) is 0 Å². The van der Waals surface area contributed by atoms with Crippen LogP contribution in [0.3, 0.4) is 0 Å². The first-order valence-electron chi connectivity index (χ1n) is 3.82. The van der Waals surface area contributed by atoms with Crippen LogP contribution >= 0.6 is 0 Å². The Hall–Kier alpha value is -1.45. The molecule has 0 amide bonds. The van der Waals surface area contributed by atoms with Crippen LogP contribution in [-0.2, 0) is 0 Å². The number of hydrogen-bond donors (Lipinski definition) is 0. The van der Waals surface area contributed by atoms with Crippen molar-refractivity contribution >= 4 is 0 Å². The largest absolute Gasteiger partial charge is 0.573 e. The summed E-state index contributed by atoms with van der Waals surface area (Å²) < 4.78 is 39.8. The van der Waals surface area contributed by atoms with Crippen LogP contribution in [0.25, 0.3) is 0 Å². The number of hydrogen-bond acceptors (Lipinski definition) is 1. The van der Waals surface area contributed by atoms with Crippen molar-refractivity contribution in [3.8, 4) is 5.75 Å². The highest BCUT2D eigenvalue weighted by molar-refractivity contribution is 5.43. The van der Waals surface area contributed by atoms with Gasteiger partial charge in [-0.25, -0.2) is 0 Å². The monoisotopic (exact) mass is 201 g/mol. The Balaban J connectivity index is 3.11. The van der Waals surface area contributed by atoms with Crippen LogP contribution in [0, 0.1) is 13.0 Å². The second-order valence-corrected chi connectivity index (χ2v) is 2.68. The number of rotatable bonds is 2. The van der Waals surface area contributed by atoms with Gasteiger partial charge in [-0.05, 0) is 18.6 Å². The zero-order chi connectivity index (χ0) is 10.8. The third-order valence-corrected chi connectivity index (χ3v) is 1.62. The van der Waals surface area contributed by atoms with Crippen molar-refractivity contribution in [3.05, 3.63) is 42.0 Å². The Morgan fingerprint density at radius 3 is 2.50 bits per heavy atom. The molecule has 4 heteroatoms. The van der Waals surface area contributed by atoms with E-state index in [0.29, 0.717) is 5.56 Å². The molecular formula is C10H8F3O. The van der Waals surface area contributed by atoms with Crippen LogP contribution in [-0.4, -0.2) is 6.36 Å². The average molecular weight is 201 g/mol. The van der Waals surface area contributed by atoms with Gasteiger partial charge in [-0.1, -0.05) is 24.8 Å². The summed E-state index contributed by atoms with van der Waals surface area (Å²) >= 11 is 0. The summed E-state index contributed by atoms with van der Waals surface area (Å²) in [6, 6.07) is 4.61. The Morgan fingerprint density at radius 1 is 1.36 bits per heavy atom. The van der Waals surface area contributed by atoms with E-state index in [1.807, 2.05) is 0 Å². The van der Waals surface area contributed by atoms with Crippen molar-refractivity contribution in [2.75, 3.05) is 0 Å². The van der Waals surface area contributed by atoms with E-state index in [1.165, 1.54) is 19.1 Å². The van der Waals surface area contributed by atoms with Crippen LogP contribution in [0.1, 0.15) is 11.1 Å². The summed E-state index contributed by atoms with van der Waals surface area (Å²) in [6.07, 6.45) is -2.30. The number of alkyl halides is 3. The van der Waals surface area contributed by atoms with E-state index in [1.54, 1.807) is 6.07 Å². The molecule has 1 nitrogen and oxygen atoms in total. The number of aryl methyl sites for hydroxylation is 1. The fourth-order valence-electron chi connectivity index (χ4n) is 1.04. The van der Waals surface area contributed by atoms with Crippen LogP contribution in [0.15, 0.2) is 24.8 Å². The predicted octanol–water partition coefficient (Wildman–Crippen LogP) is 3.23. The van der Waals surface area contributed by atoms with E-state index >= 15 is 0 Å². The molecule has 0 aromatic heterocycles. The summed E-state index contributed by atoms with van der Waals surface area (Å²) in [7, 11) is 0. The molecule has 1 aromatic carbocycles. The summed E-state index contributed by atoms with van der Waals surface area (Å²) in [5.41, 5.74) is 0.610. The van der Waals surface area contributed by atoms with Gasteiger partial charge in [-0.2, -0.15) is 0 Å². The van der Waals surface area contributed by atoms with Gasteiger partial charge in [-0.3, -0.25) is 0 Å². The van der Waals surface area contributed by atoms with Crippen LogP contribution < -0.4 is 4.74 Å². The Labute approximate surface area is 79.8 Å². The van der Waals surface area contributed by atoms with Crippen LogP contribution in [0.5, 0.6) is 5.75 Å². The first-order chi connectivity index (χ1) is 6.44. The number of ether oxygens (including phenoxy) is 1. The molecule has 0 aliphatic rings. The van der Waals surface area contributed by atoms with Gasteiger partial charge in [0.05, 0.1) is 0 Å². The Kier molecular flexibility index (Phi) is 2.84. The van der Waals surface area contributed by atoms with Crippen molar-refractivity contribution in [2.45, 2.75) is 13.3 Å². The van der Waals surface area contributed by atoms with Gasteiger partial charge in [0.15, 0.2) is 0 Å². The minimum absolute atomic E-state index is 0.210. The van der Waals surface area contributed by atoms with Gasteiger partial charge in [-0.15, -0.1) is 13.2 Å². The molecule has 1 rings (SSSR count). The third kappa shape index (κ3) is 2.52. The summed E-state index contributed by atoms with van der Waals surface area (Å²) in [5, 5.41) is 0. The quantitative estimate of drug-likeness (QED) is 0.713. The van der Waals surface area contributed by atoms with E-state index in [0.717, 1.165) is 0 Å². The highest BCUT2D eigenvalue weighted by atomic mass is 19.4. The molecule has 0 saturated carbocycles. The molecule has 0 bridgehead atoms. The molecule has 1 aromatic rings. The topological polar surface area (TPSA) is 9.23 Å². The molecular weight excluding hydrogens is 193 g/mol. The lowest BCUT2D eigenvalue weighted by atomic mass is 10.1. The standard InChI is InChI=1S/C10H8F3O/c1-3-8-6-4-5-7(2)9(8)14-10(11,12)13/h4-6H,1H2,2H3. The lowest BCUT2D eigenvalue weighted by Gasteiger charge is -2.13. The molecule has 1 radical (unpaired) electrons. The third-order valence-electron chi connectivity index (χ3n) is 1.62. The average Bonchev–Trinajstić information content (AvgIpc) is 2.06. The van der Waals surface area contributed by atoms with E-state index in [9.17, 15) is 13.2 Å². The van der Waals surface area contributed by atoms with Crippen molar-refractivity contribution in [1.82, 2.24) is 0 Å². The lowest BCUT2D eigenvalue weighted by Crippen LogP contribution is -2.18. The molecule has 0 unspecified atom stereocenters. The van der Waals surface area contributed by atoms with Gasteiger partial charge in [0, 0.05) is 5.56 Å². The van der Waals surface area contributed by atoms with Crippen LogP contribution in [0.4, 0.5) is 13.2 Å². The van der Waals surface area contributed by atoms with E-state index in [4.69, 9.17) is 0 Å². The Morgan fingerprint density at radius 2 is 2.00 bits per heavy atom. The highest BCUT2D eigenvalue weighted by Crippen LogP contribution is 2.29. The van der Waals surface area contributed by atoms with E-state index < -0.39 is 6.36 Å². The summed E-state index contributed by atoms with van der Waals surface area (Å²) in [6.45, 7) is 4.82. The lowest BCUT2D eigenvalue weighted by molar-refractivity contribution is -0.275. The molecule has 0 N–H and O–H groups in total. The molecule has 0 atom stereocenters. The maximum Gasteiger partial charge on any atom is 0.573 e. The minimum atomic E-state index is -4.68. The number of para-hydroxylation sites is 1. The molecule has 75 valence electrons. The van der Waals surface area contributed by atoms with Crippen molar-refractivity contribution in [2.24, 2.45) is 0 Å². The predicted molar refractivity (Wildman–Crippen MR) is 45.8 cm³/mol. The fraction of sp³-hybridized carbons (Fsp3) is 0.200. The first-order valence-corrected chi connectivity index (χ1v) is 3.82. The van der Waals surface area contributed by atoms with E-state index in [-0.39, 0.29) is 11.3 Å². The maximum atomic E-state index is 12.0. The number of halogens is 3. The fourth-order valence-corrected chi connectivity index (χ4v) is 1.04. The van der Waals surface area contributed by atoms with Crippen molar-refractivity contribution < 1.29 is 17.9 Å². The maximum absolute atomic E-state index is 12.0. The van der Waals surface area contributed by atoms with Gasteiger partial charge in [0.2, 0.25) is 0 Å². The first kappa shape index (κ1) is 10.6. The second kappa shape index (κ2) is 3.74. The molecule has 0 aliphatic carbocycles. The highest BCUT2D eigenvalue weighted by Gasteiger charge is 2.32. The zero-order valence-corrected chi connectivity index (χ0v) is 7.48. The van der Waals surface area contributed by atoms with Crippen molar-refractivity contribution in [3.63, 3.8) is 0 Å². The molecule has 0 heterocycles. The summed E-state index contributed by atoms with van der Waals surface area (Å²) in [5.74, 6) is -0.241. The second-order valence-electron chi connectivity index (χ2n) is 2.68. The minimum Gasteiger partial charge on any atom is -0.405 e. The smallest absolute Gasteiger partial charge is 0.405 e. The normalized spacial score (nSPS) is 11.1. The van der Waals surface area contributed by atoms with Gasteiger partial charge in [0.1, 0.15) is 5.75 Å². The zero-order valence-electron chi connectivity index (χ0n) is 7.48. The summed E-state index contributed by atoms with van der Waals surface area (Å²) in [4.78, 5) is 0. The van der Waals surface area contributed by atoms with Gasteiger partial charge in [0.25, 0.3) is 0 Å². The molecule has 14 heavy (non-hydrogen) atoms. The Bertz CT molecular complexity index is 342. The molecule has 0 fully saturated rings.